The number of H-pyrrole nitrogens is 2. The van der Waals surface area contributed by atoms with Crippen LogP contribution in [0.15, 0.2) is 40.3 Å². The molecule has 1 aliphatic carbocycles. The molecule has 2 aromatic rings. The number of Topliss-reactive ketones (excluding diaryl/α,β-unsaturated/α-hetero) is 1. The first kappa shape index (κ1) is 15.0. The van der Waals surface area contributed by atoms with Crippen LogP contribution in [0.4, 0.5) is 10.2 Å². The summed E-state index contributed by atoms with van der Waals surface area (Å²) < 4.78 is 14.0. The molecule has 0 spiro atoms. The highest BCUT2D eigenvalue weighted by atomic mass is 32.1. The Bertz CT molecular complexity index is 1010. The second kappa shape index (κ2) is 5.52. The lowest BCUT2D eigenvalue weighted by molar-refractivity contribution is -0.116. The molecule has 0 saturated carbocycles. The Labute approximate surface area is 141 Å². The minimum Gasteiger partial charge on any atom is -0.344 e. The predicted molar refractivity (Wildman–Crippen MR) is 90.0 cm³/mol. The van der Waals surface area contributed by atoms with E-state index in [4.69, 9.17) is 12.2 Å². The summed E-state index contributed by atoms with van der Waals surface area (Å²) in [6.07, 6.45) is 1.89. The average molecular weight is 343 g/mol. The summed E-state index contributed by atoms with van der Waals surface area (Å²) >= 11 is 5.04. The fourth-order valence-corrected chi connectivity index (χ4v) is 3.71. The van der Waals surface area contributed by atoms with Gasteiger partial charge in [-0.1, -0.05) is 12.1 Å². The summed E-state index contributed by atoms with van der Waals surface area (Å²) in [7, 11) is 0. The maximum absolute atomic E-state index is 13.8. The van der Waals surface area contributed by atoms with Gasteiger partial charge in [-0.25, -0.2) is 4.39 Å². The van der Waals surface area contributed by atoms with Gasteiger partial charge in [0.25, 0.3) is 5.56 Å². The number of allylic oxidation sites excluding steroid dienone is 2. The molecule has 3 N–H and O–H groups in total. The van der Waals surface area contributed by atoms with E-state index >= 15 is 0 Å². The zero-order valence-electron chi connectivity index (χ0n) is 12.6. The smallest absolute Gasteiger partial charge is 0.257 e. The topological polar surface area (TPSA) is 77.8 Å². The van der Waals surface area contributed by atoms with Crippen molar-refractivity contribution in [2.75, 3.05) is 5.32 Å². The third kappa shape index (κ3) is 2.32. The van der Waals surface area contributed by atoms with Crippen molar-refractivity contribution in [2.45, 2.75) is 25.2 Å². The van der Waals surface area contributed by atoms with Crippen LogP contribution in [0.1, 0.15) is 36.3 Å². The molecule has 0 amide bonds. The van der Waals surface area contributed by atoms with Gasteiger partial charge in [-0.2, -0.15) is 0 Å². The molecule has 4 rings (SSSR count). The lowest BCUT2D eigenvalue weighted by atomic mass is 9.76. The van der Waals surface area contributed by atoms with E-state index in [1.54, 1.807) is 12.1 Å². The highest BCUT2D eigenvalue weighted by Gasteiger charge is 2.37. The molecular formula is C17H14FN3O2S. The molecular weight excluding hydrogens is 329 g/mol. The number of benzene rings is 1. The van der Waals surface area contributed by atoms with E-state index in [0.29, 0.717) is 35.4 Å². The van der Waals surface area contributed by atoms with Crippen LogP contribution in [0.25, 0.3) is 0 Å². The molecule has 0 unspecified atom stereocenters. The van der Waals surface area contributed by atoms with Crippen molar-refractivity contribution in [3.8, 4) is 0 Å². The zero-order valence-corrected chi connectivity index (χ0v) is 13.4. The van der Waals surface area contributed by atoms with Gasteiger partial charge in [0, 0.05) is 23.6 Å². The molecule has 2 heterocycles. The first-order valence-electron chi connectivity index (χ1n) is 7.70. The Hall–Kier alpha value is -2.54. The van der Waals surface area contributed by atoms with Crippen molar-refractivity contribution in [1.29, 1.82) is 0 Å². The SMILES string of the molecule is O=C1CCCC2=C1[C@@H](c1cccc(F)c1)c1c([nH]c(=S)[nH]c1=O)N2. The lowest BCUT2D eigenvalue weighted by Crippen LogP contribution is -2.32. The van der Waals surface area contributed by atoms with Gasteiger partial charge in [0.1, 0.15) is 11.6 Å². The van der Waals surface area contributed by atoms with Crippen molar-refractivity contribution in [1.82, 2.24) is 9.97 Å². The third-order valence-corrected chi connectivity index (χ3v) is 4.68. The number of rotatable bonds is 1. The summed E-state index contributed by atoms with van der Waals surface area (Å²) in [6.45, 7) is 0. The Kier molecular flexibility index (Phi) is 3.45. The molecule has 2 aliphatic rings. The van der Waals surface area contributed by atoms with Crippen molar-refractivity contribution in [2.24, 2.45) is 0 Å². The number of anilines is 1. The van der Waals surface area contributed by atoms with Gasteiger partial charge in [0.2, 0.25) is 0 Å². The number of carbonyl (C=O) groups is 1. The number of halogens is 1. The monoisotopic (exact) mass is 343 g/mol. The van der Waals surface area contributed by atoms with Crippen LogP contribution in [0.5, 0.6) is 0 Å². The maximum Gasteiger partial charge on any atom is 0.257 e. The van der Waals surface area contributed by atoms with Crippen LogP contribution in [-0.4, -0.2) is 15.8 Å². The van der Waals surface area contributed by atoms with E-state index in [1.165, 1.54) is 12.1 Å². The normalized spacial score (nSPS) is 19.5. The number of nitrogens with one attached hydrogen (secondary N) is 3. The number of ketones is 1. The predicted octanol–water partition coefficient (Wildman–Crippen LogP) is 3.14. The van der Waals surface area contributed by atoms with Crippen LogP contribution >= 0.6 is 12.2 Å². The molecule has 122 valence electrons. The minimum atomic E-state index is -0.602. The second-order valence-corrected chi connectivity index (χ2v) is 6.39. The maximum atomic E-state index is 13.8. The highest BCUT2D eigenvalue weighted by Crippen LogP contribution is 2.42. The molecule has 0 radical (unpaired) electrons. The number of hydrogen-bond acceptors (Lipinski definition) is 4. The van der Waals surface area contributed by atoms with Crippen LogP contribution in [0.2, 0.25) is 0 Å². The third-order valence-electron chi connectivity index (χ3n) is 4.47. The van der Waals surface area contributed by atoms with Crippen LogP contribution < -0.4 is 10.9 Å². The molecule has 5 nitrogen and oxygen atoms in total. The lowest BCUT2D eigenvalue weighted by Gasteiger charge is -2.32. The number of aromatic amines is 2. The summed E-state index contributed by atoms with van der Waals surface area (Å²) in [5.41, 5.74) is 1.90. The molecule has 1 aliphatic heterocycles. The van der Waals surface area contributed by atoms with Gasteiger partial charge in [-0.15, -0.1) is 0 Å². The molecule has 0 saturated heterocycles. The molecule has 0 fully saturated rings. The molecule has 7 heteroatoms. The standard InChI is InChI=1S/C17H14FN3O2S/c18-9-4-1-3-8(7-9)12-13-10(5-2-6-11(13)22)19-15-14(12)16(23)21-17(24)20-15/h1,3-4,7,12H,2,5-6H2,(H3,19,20,21,23,24)/t12-/m1/s1. The minimum absolute atomic E-state index is 0.00879. The summed E-state index contributed by atoms with van der Waals surface area (Å²) in [5, 5.41) is 3.15. The van der Waals surface area contributed by atoms with Crippen molar-refractivity contribution in [3.63, 3.8) is 0 Å². The fraction of sp³-hybridized carbons (Fsp3) is 0.235. The summed E-state index contributed by atoms with van der Waals surface area (Å²) in [5.74, 6) is -0.536. The summed E-state index contributed by atoms with van der Waals surface area (Å²) in [6, 6.07) is 6.02. The van der Waals surface area contributed by atoms with E-state index in [2.05, 4.69) is 15.3 Å². The molecule has 1 aromatic heterocycles. The van der Waals surface area contributed by atoms with E-state index in [0.717, 1.165) is 12.1 Å². The number of hydrogen-bond donors (Lipinski definition) is 3. The Morgan fingerprint density at radius 1 is 1.17 bits per heavy atom. The second-order valence-electron chi connectivity index (χ2n) is 5.98. The quantitative estimate of drug-likeness (QED) is 0.695. The van der Waals surface area contributed by atoms with Crippen LogP contribution in [0, 0.1) is 10.6 Å². The fourth-order valence-electron chi connectivity index (χ4n) is 3.51. The van der Waals surface area contributed by atoms with Crippen molar-refractivity contribution in [3.05, 3.63) is 67.6 Å². The number of fused-ring (bicyclic) bond motifs is 1. The number of aromatic nitrogens is 2. The van der Waals surface area contributed by atoms with Gasteiger partial charge < -0.3 is 10.3 Å². The summed E-state index contributed by atoms with van der Waals surface area (Å²) in [4.78, 5) is 30.6. The zero-order chi connectivity index (χ0) is 16.8. The van der Waals surface area contributed by atoms with Crippen LogP contribution in [0.3, 0.4) is 0 Å². The van der Waals surface area contributed by atoms with Crippen molar-refractivity contribution >= 4 is 23.8 Å². The Morgan fingerprint density at radius 2 is 2.00 bits per heavy atom. The largest absolute Gasteiger partial charge is 0.344 e. The van der Waals surface area contributed by atoms with Gasteiger partial charge >= 0.3 is 0 Å². The van der Waals surface area contributed by atoms with Crippen molar-refractivity contribution < 1.29 is 9.18 Å². The molecule has 24 heavy (non-hydrogen) atoms. The molecule has 1 atom stereocenters. The molecule has 1 aromatic carbocycles. The van der Waals surface area contributed by atoms with Gasteiger partial charge in [-0.05, 0) is 42.8 Å². The van der Waals surface area contributed by atoms with Gasteiger partial charge in [0.05, 0.1) is 5.56 Å². The van der Waals surface area contributed by atoms with E-state index in [-0.39, 0.29) is 16.1 Å². The van der Waals surface area contributed by atoms with E-state index in [9.17, 15) is 14.0 Å². The van der Waals surface area contributed by atoms with Gasteiger partial charge in [0.15, 0.2) is 10.6 Å². The number of carbonyl (C=O) groups excluding carboxylic acids is 1. The first-order valence-corrected chi connectivity index (χ1v) is 8.10. The first-order chi connectivity index (χ1) is 11.5. The average Bonchev–Trinajstić information content (AvgIpc) is 2.53. The van der Waals surface area contributed by atoms with E-state index < -0.39 is 11.7 Å². The Morgan fingerprint density at radius 3 is 2.79 bits per heavy atom. The molecule has 0 bridgehead atoms. The van der Waals surface area contributed by atoms with E-state index in [1.807, 2.05) is 0 Å². The van der Waals surface area contributed by atoms with Gasteiger partial charge in [-0.3, -0.25) is 14.6 Å². The van der Waals surface area contributed by atoms with Crippen LogP contribution in [-0.2, 0) is 4.79 Å². The highest BCUT2D eigenvalue weighted by molar-refractivity contribution is 7.71. The Balaban J connectivity index is 2.03.